The van der Waals surface area contributed by atoms with Gasteiger partial charge in [-0.1, -0.05) is 19.9 Å². The molecule has 6 nitrogen and oxygen atoms in total. The van der Waals surface area contributed by atoms with Gasteiger partial charge < -0.3 is 19.9 Å². The van der Waals surface area contributed by atoms with Crippen molar-refractivity contribution < 1.29 is 14.3 Å². The first-order valence-electron chi connectivity index (χ1n) is 10.6. The van der Waals surface area contributed by atoms with Crippen LogP contribution in [0.3, 0.4) is 0 Å². The highest BCUT2D eigenvalue weighted by atomic mass is 32.2. The van der Waals surface area contributed by atoms with Crippen molar-refractivity contribution in [2.75, 3.05) is 52.1 Å². The second kappa shape index (κ2) is 12.2. The number of hydrogen-bond donors (Lipinski definition) is 1. The molecular formula is C22H35N3O3S. The lowest BCUT2D eigenvalue weighted by Crippen LogP contribution is -2.45. The van der Waals surface area contributed by atoms with Gasteiger partial charge in [0.1, 0.15) is 0 Å². The summed E-state index contributed by atoms with van der Waals surface area (Å²) in [5, 5.41) is 3.58. The van der Waals surface area contributed by atoms with Crippen LogP contribution in [0.1, 0.15) is 40.0 Å². The van der Waals surface area contributed by atoms with E-state index in [0.29, 0.717) is 23.6 Å². The Balaban J connectivity index is 2.07. The highest BCUT2D eigenvalue weighted by Crippen LogP contribution is 2.32. The molecule has 0 atom stereocenters. The van der Waals surface area contributed by atoms with Gasteiger partial charge in [-0.2, -0.15) is 0 Å². The number of carbonyl (C=O) groups excluding carboxylic acids is 2. The minimum absolute atomic E-state index is 0.0510. The second-order valence-corrected chi connectivity index (χ2v) is 8.34. The van der Waals surface area contributed by atoms with Crippen LogP contribution < -0.4 is 5.32 Å². The SMILES string of the molecule is CC/C=C(\CC)C1=CC(C(=O)OCC)=C(NC(=O)CCN2CCN(C)CC2)SC1. The predicted octanol–water partition coefficient (Wildman–Crippen LogP) is 2.93. The van der Waals surface area contributed by atoms with Crippen LogP contribution in [0.15, 0.2) is 33.9 Å². The van der Waals surface area contributed by atoms with Gasteiger partial charge in [-0.15, -0.1) is 11.8 Å². The molecule has 2 heterocycles. The van der Waals surface area contributed by atoms with Crippen molar-refractivity contribution in [2.24, 2.45) is 0 Å². The molecule has 0 aromatic carbocycles. The first-order chi connectivity index (χ1) is 14.0. The van der Waals surface area contributed by atoms with Crippen LogP contribution in [-0.2, 0) is 14.3 Å². The van der Waals surface area contributed by atoms with Crippen LogP contribution in [0.5, 0.6) is 0 Å². The molecule has 2 aliphatic heterocycles. The van der Waals surface area contributed by atoms with Crippen molar-refractivity contribution >= 4 is 23.6 Å². The Morgan fingerprint density at radius 3 is 2.55 bits per heavy atom. The van der Waals surface area contributed by atoms with Crippen molar-refractivity contribution in [3.8, 4) is 0 Å². The fourth-order valence-corrected chi connectivity index (χ4v) is 4.48. The molecule has 0 spiro atoms. The minimum atomic E-state index is -0.376. The van der Waals surface area contributed by atoms with Gasteiger partial charge in [-0.25, -0.2) is 4.79 Å². The molecule has 2 rings (SSSR count). The Hall–Kier alpha value is -1.57. The van der Waals surface area contributed by atoms with Crippen molar-refractivity contribution in [3.63, 3.8) is 0 Å². The maximum Gasteiger partial charge on any atom is 0.340 e. The van der Waals surface area contributed by atoms with Crippen LogP contribution in [0.2, 0.25) is 0 Å². The fraction of sp³-hybridized carbons (Fsp3) is 0.636. The summed E-state index contributed by atoms with van der Waals surface area (Å²) in [6.45, 7) is 11.1. The Bertz CT molecular complexity index is 677. The summed E-state index contributed by atoms with van der Waals surface area (Å²) < 4.78 is 5.24. The van der Waals surface area contributed by atoms with Gasteiger partial charge in [0.15, 0.2) is 0 Å². The average molecular weight is 422 g/mol. The number of hydrogen-bond acceptors (Lipinski definition) is 6. The number of ether oxygens (including phenoxy) is 1. The van der Waals surface area contributed by atoms with Gasteiger partial charge in [0.05, 0.1) is 17.2 Å². The highest BCUT2D eigenvalue weighted by Gasteiger charge is 2.24. The zero-order valence-electron chi connectivity index (χ0n) is 18.3. The number of rotatable bonds is 9. The fourth-order valence-electron chi connectivity index (χ4n) is 3.43. The quantitative estimate of drug-likeness (QED) is 0.578. The van der Waals surface area contributed by atoms with Crippen LogP contribution in [0.4, 0.5) is 0 Å². The number of carbonyl (C=O) groups is 2. The molecule has 0 aliphatic carbocycles. The lowest BCUT2D eigenvalue weighted by Gasteiger charge is -2.32. The zero-order valence-corrected chi connectivity index (χ0v) is 19.1. The van der Waals surface area contributed by atoms with E-state index in [9.17, 15) is 9.59 Å². The van der Waals surface area contributed by atoms with E-state index in [1.165, 1.54) is 17.3 Å². The summed E-state index contributed by atoms with van der Waals surface area (Å²) in [5.74, 6) is 0.319. The Morgan fingerprint density at radius 1 is 1.21 bits per heavy atom. The molecule has 0 radical (unpaired) electrons. The Morgan fingerprint density at radius 2 is 1.93 bits per heavy atom. The molecular weight excluding hydrogens is 386 g/mol. The van der Waals surface area contributed by atoms with E-state index >= 15 is 0 Å². The third-order valence-electron chi connectivity index (χ3n) is 5.18. The summed E-state index contributed by atoms with van der Waals surface area (Å²) in [6.07, 6.45) is 6.41. The van der Waals surface area contributed by atoms with Crippen LogP contribution in [0, 0.1) is 0 Å². The number of nitrogens with zero attached hydrogens (tertiary/aromatic N) is 2. The van der Waals surface area contributed by atoms with E-state index in [1.54, 1.807) is 6.92 Å². The molecule has 0 bridgehead atoms. The molecule has 7 heteroatoms. The summed E-state index contributed by atoms with van der Waals surface area (Å²) in [4.78, 5) is 29.7. The lowest BCUT2D eigenvalue weighted by atomic mass is 10.0. The van der Waals surface area contributed by atoms with E-state index in [1.807, 2.05) is 6.08 Å². The van der Waals surface area contributed by atoms with E-state index in [4.69, 9.17) is 4.74 Å². The summed E-state index contributed by atoms with van der Waals surface area (Å²) in [7, 11) is 2.12. The normalized spacial score (nSPS) is 19.2. The van der Waals surface area contributed by atoms with Gasteiger partial charge in [0.2, 0.25) is 5.91 Å². The van der Waals surface area contributed by atoms with E-state index < -0.39 is 0 Å². The van der Waals surface area contributed by atoms with Gasteiger partial charge in [-0.3, -0.25) is 4.79 Å². The molecule has 0 unspecified atom stereocenters. The lowest BCUT2D eigenvalue weighted by molar-refractivity contribution is -0.138. The van der Waals surface area contributed by atoms with Crippen LogP contribution in [0.25, 0.3) is 0 Å². The number of esters is 1. The first-order valence-corrected chi connectivity index (χ1v) is 11.6. The summed E-state index contributed by atoms with van der Waals surface area (Å²) >= 11 is 1.51. The molecule has 1 amide bonds. The van der Waals surface area contributed by atoms with Crippen molar-refractivity contribution in [2.45, 2.75) is 40.0 Å². The maximum absolute atomic E-state index is 12.5. The van der Waals surface area contributed by atoms with Crippen LogP contribution >= 0.6 is 11.8 Å². The molecule has 0 aromatic rings. The Labute approximate surface area is 179 Å². The van der Waals surface area contributed by atoms with Crippen molar-refractivity contribution in [1.29, 1.82) is 0 Å². The number of amides is 1. The number of thioether (sulfide) groups is 1. The van der Waals surface area contributed by atoms with Gasteiger partial charge in [-0.05, 0) is 44.0 Å². The van der Waals surface area contributed by atoms with Crippen molar-refractivity contribution in [3.05, 3.63) is 33.9 Å². The standard InChI is InChI=1S/C22H35N3O3S/c1-5-8-17(6-2)18-15-19(22(27)28-7-3)21(29-16-18)23-20(26)9-10-25-13-11-24(4)12-14-25/h8,15H,5-7,9-14,16H2,1-4H3,(H,23,26)/b17-8+. The van der Waals surface area contributed by atoms with Gasteiger partial charge in [0.25, 0.3) is 0 Å². The molecule has 2 aliphatic rings. The Kier molecular flexibility index (Phi) is 9.97. The topological polar surface area (TPSA) is 61.9 Å². The van der Waals surface area contributed by atoms with E-state index in [-0.39, 0.29) is 11.9 Å². The van der Waals surface area contributed by atoms with Gasteiger partial charge in [0, 0.05) is 44.9 Å². The number of nitrogens with one attached hydrogen (secondary N) is 1. The highest BCUT2D eigenvalue weighted by molar-refractivity contribution is 8.03. The molecule has 162 valence electrons. The molecule has 1 fully saturated rings. The second-order valence-electron chi connectivity index (χ2n) is 7.36. The zero-order chi connectivity index (χ0) is 21.2. The predicted molar refractivity (Wildman–Crippen MR) is 120 cm³/mol. The monoisotopic (exact) mass is 421 g/mol. The third kappa shape index (κ3) is 7.32. The summed E-state index contributed by atoms with van der Waals surface area (Å²) in [6, 6.07) is 0. The molecule has 0 saturated carbocycles. The van der Waals surface area contributed by atoms with Crippen molar-refractivity contribution in [1.82, 2.24) is 15.1 Å². The smallest absolute Gasteiger partial charge is 0.340 e. The van der Waals surface area contributed by atoms with Crippen LogP contribution in [-0.4, -0.2) is 73.8 Å². The molecule has 1 saturated heterocycles. The van der Waals surface area contributed by atoms with E-state index in [2.05, 4.69) is 42.1 Å². The molecule has 29 heavy (non-hydrogen) atoms. The third-order valence-corrected chi connectivity index (χ3v) is 6.24. The van der Waals surface area contributed by atoms with E-state index in [0.717, 1.165) is 56.9 Å². The minimum Gasteiger partial charge on any atom is -0.462 e. The number of likely N-dealkylation sites (N-methyl/N-ethyl adjacent to an activating group) is 1. The van der Waals surface area contributed by atoms with Gasteiger partial charge >= 0.3 is 5.97 Å². The molecule has 0 aromatic heterocycles. The number of piperazine rings is 1. The maximum atomic E-state index is 12.5. The molecule has 1 N–H and O–H groups in total. The average Bonchev–Trinajstić information content (AvgIpc) is 2.72. The number of allylic oxidation sites excluding steroid dienone is 2. The largest absolute Gasteiger partial charge is 0.462 e. The first kappa shape index (κ1) is 23.7. The summed E-state index contributed by atoms with van der Waals surface area (Å²) in [5.41, 5.74) is 2.85.